The second-order valence-electron chi connectivity index (χ2n) is 6.13. The Morgan fingerprint density at radius 2 is 2.07 bits per heavy atom. The van der Waals surface area contributed by atoms with Crippen molar-refractivity contribution >= 4 is 44.8 Å². The summed E-state index contributed by atoms with van der Waals surface area (Å²) in [6.07, 6.45) is 4.83. The fourth-order valence-corrected chi connectivity index (χ4v) is 3.19. The number of fused-ring (bicyclic) bond motifs is 1. The summed E-state index contributed by atoms with van der Waals surface area (Å²) in [4.78, 5) is 20.9. The molecule has 0 fully saturated rings. The van der Waals surface area contributed by atoms with Gasteiger partial charge in [-0.3, -0.25) is 4.79 Å². The number of nitrogens with one attached hydrogen (secondary N) is 1. The molecule has 2 heterocycles. The summed E-state index contributed by atoms with van der Waals surface area (Å²) in [5.41, 5.74) is 3.34. The fourth-order valence-electron chi connectivity index (χ4n) is 2.81. The molecule has 144 valence electrons. The van der Waals surface area contributed by atoms with Gasteiger partial charge in [0.25, 0.3) is 0 Å². The van der Waals surface area contributed by atoms with Crippen LogP contribution in [0.1, 0.15) is 5.56 Å². The average Bonchev–Trinajstić information content (AvgIpc) is 3.17. The molecule has 0 saturated carbocycles. The zero-order valence-corrected chi connectivity index (χ0v) is 17.0. The predicted molar refractivity (Wildman–Crippen MR) is 116 cm³/mol. The van der Waals surface area contributed by atoms with Crippen molar-refractivity contribution in [3.8, 4) is 17.2 Å². The first-order valence-electron chi connectivity index (χ1n) is 8.77. The van der Waals surface area contributed by atoms with Crippen molar-refractivity contribution in [1.82, 2.24) is 9.97 Å². The lowest BCUT2D eigenvalue weighted by molar-refractivity contribution is -0.111. The van der Waals surface area contributed by atoms with E-state index in [9.17, 15) is 4.79 Å². The van der Waals surface area contributed by atoms with Crippen LogP contribution in [0, 0.1) is 0 Å². The Bertz CT molecular complexity index is 1180. The summed E-state index contributed by atoms with van der Waals surface area (Å²) in [5.74, 6) is 0.872. The number of hydrogen-bond acceptors (Lipinski definition) is 5. The van der Waals surface area contributed by atoms with Gasteiger partial charge < -0.3 is 14.5 Å². The molecule has 0 radical (unpaired) electrons. The van der Waals surface area contributed by atoms with Crippen molar-refractivity contribution in [2.45, 2.75) is 0 Å². The summed E-state index contributed by atoms with van der Waals surface area (Å²) in [5, 5.41) is 2.84. The maximum absolute atomic E-state index is 12.4. The highest BCUT2D eigenvalue weighted by atomic mass is 79.9. The predicted octanol–water partition coefficient (Wildman–Crippen LogP) is 5.31. The quantitative estimate of drug-likeness (QED) is 0.417. The van der Waals surface area contributed by atoms with Crippen LogP contribution in [-0.2, 0) is 4.79 Å². The van der Waals surface area contributed by atoms with Gasteiger partial charge in [-0.15, -0.1) is 0 Å². The minimum atomic E-state index is -0.261. The molecule has 4 rings (SSSR count). The number of ether oxygens (including phenoxy) is 1. The number of methoxy groups -OCH3 is 1. The van der Waals surface area contributed by atoms with Crippen LogP contribution >= 0.6 is 15.9 Å². The van der Waals surface area contributed by atoms with E-state index in [1.165, 1.54) is 6.08 Å². The van der Waals surface area contributed by atoms with Gasteiger partial charge in [-0.05, 0) is 54.6 Å². The number of carbonyl (C=O) groups excluding carboxylic acids is 1. The summed E-state index contributed by atoms with van der Waals surface area (Å²) >= 11 is 3.42. The molecule has 0 unspecified atom stereocenters. The van der Waals surface area contributed by atoms with E-state index >= 15 is 0 Å². The van der Waals surface area contributed by atoms with Crippen LogP contribution in [0.25, 0.3) is 28.8 Å². The number of amides is 1. The summed E-state index contributed by atoms with van der Waals surface area (Å²) < 4.78 is 12.0. The van der Waals surface area contributed by atoms with Gasteiger partial charge in [-0.25, -0.2) is 4.98 Å². The normalized spacial score (nSPS) is 11.1. The van der Waals surface area contributed by atoms with Crippen molar-refractivity contribution in [2.24, 2.45) is 0 Å². The Morgan fingerprint density at radius 1 is 1.17 bits per heavy atom. The Morgan fingerprint density at radius 3 is 2.90 bits per heavy atom. The molecule has 0 saturated heterocycles. The second-order valence-corrected chi connectivity index (χ2v) is 7.05. The number of benzene rings is 2. The zero-order chi connectivity index (χ0) is 20.2. The highest BCUT2D eigenvalue weighted by molar-refractivity contribution is 9.10. The molecule has 2 aromatic carbocycles. The number of nitrogens with zero attached hydrogens (tertiary/aromatic N) is 2. The van der Waals surface area contributed by atoms with E-state index in [2.05, 4.69) is 31.2 Å². The molecular formula is C22H16BrN3O3. The van der Waals surface area contributed by atoms with Gasteiger partial charge >= 0.3 is 0 Å². The van der Waals surface area contributed by atoms with Crippen LogP contribution in [0.15, 0.2) is 75.8 Å². The molecule has 7 heteroatoms. The highest BCUT2D eigenvalue weighted by Gasteiger charge is 2.10. The number of halogens is 1. The van der Waals surface area contributed by atoms with Crippen LogP contribution in [0.5, 0.6) is 5.75 Å². The third-order valence-corrected chi connectivity index (χ3v) is 4.64. The van der Waals surface area contributed by atoms with Crippen molar-refractivity contribution < 1.29 is 13.9 Å². The molecule has 0 spiro atoms. The highest BCUT2D eigenvalue weighted by Crippen LogP contribution is 2.26. The average molecular weight is 450 g/mol. The zero-order valence-electron chi connectivity index (χ0n) is 15.4. The van der Waals surface area contributed by atoms with Gasteiger partial charge in [-0.1, -0.05) is 22.0 Å². The van der Waals surface area contributed by atoms with Crippen LogP contribution < -0.4 is 10.1 Å². The monoisotopic (exact) mass is 449 g/mol. The SMILES string of the molecule is COc1ccc(Br)cc1/C=C/C(=O)Nc1cccc(-c2nc3ncccc3o2)c1. The van der Waals surface area contributed by atoms with Crippen molar-refractivity contribution in [3.05, 3.63) is 76.9 Å². The first kappa shape index (κ1) is 18.9. The maximum Gasteiger partial charge on any atom is 0.248 e. The van der Waals surface area contributed by atoms with Crippen LogP contribution in [0.2, 0.25) is 0 Å². The Balaban J connectivity index is 1.52. The van der Waals surface area contributed by atoms with Gasteiger partial charge in [0.1, 0.15) is 5.75 Å². The summed E-state index contributed by atoms with van der Waals surface area (Å²) in [6.45, 7) is 0. The lowest BCUT2D eigenvalue weighted by Gasteiger charge is -2.06. The van der Waals surface area contributed by atoms with Crippen molar-refractivity contribution in [3.63, 3.8) is 0 Å². The third kappa shape index (κ3) is 4.35. The van der Waals surface area contributed by atoms with Crippen LogP contribution in [-0.4, -0.2) is 23.0 Å². The lowest BCUT2D eigenvalue weighted by atomic mass is 10.2. The topological polar surface area (TPSA) is 77.2 Å². The molecule has 1 amide bonds. The van der Waals surface area contributed by atoms with Gasteiger partial charge in [-0.2, -0.15) is 4.98 Å². The fraction of sp³-hybridized carbons (Fsp3) is 0.0455. The molecular weight excluding hydrogens is 434 g/mol. The van der Waals surface area contributed by atoms with E-state index in [0.29, 0.717) is 28.6 Å². The van der Waals surface area contributed by atoms with Crippen molar-refractivity contribution in [1.29, 1.82) is 0 Å². The Hall–Kier alpha value is -3.45. The number of carbonyl (C=O) groups is 1. The molecule has 0 atom stereocenters. The van der Waals surface area contributed by atoms with E-state index in [0.717, 1.165) is 15.6 Å². The molecule has 0 aliphatic rings. The van der Waals surface area contributed by atoms with E-state index in [1.54, 1.807) is 37.6 Å². The van der Waals surface area contributed by atoms with Crippen molar-refractivity contribution in [2.75, 3.05) is 12.4 Å². The van der Waals surface area contributed by atoms with E-state index in [4.69, 9.17) is 9.15 Å². The van der Waals surface area contributed by atoms with E-state index < -0.39 is 0 Å². The standard InChI is InChI=1S/C22H16BrN3O3/c1-28-18-9-8-16(23)12-14(18)7-10-20(27)25-17-5-2-4-15(13-17)22-26-21-19(29-22)6-3-11-24-21/h2-13H,1H3,(H,25,27)/b10-7+. The van der Waals surface area contributed by atoms with Gasteiger partial charge in [0.15, 0.2) is 11.2 Å². The van der Waals surface area contributed by atoms with Gasteiger partial charge in [0.2, 0.25) is 11.8 Å². The molecule has 6 nitrogen and oxygen atoms in total. The van der Waals surface area contributed by atoms with Crippen LogP contribution in [0.3, 0.4) is 0 Å². The third-order valence-electron chi connectivity index (χ3n) is 4.15. The number of hydrogen-bond donors (Lipinski definition) is 1. The number of oxazole rings is 1. The Labute approximate surface area is 175 Å². The van der Waals surface area contributed by atoms with Gasteiger partial charge in [0.05, 0.1) is 7.11 Å². The minimum Gasteiger partial charge on any atom is -0.496 e. The Kier molecular flexibility index (Phi) is 5.39. The largest absolute Gasteiger partial charge is 0.496 e. The first-order valence-corrected chi connectivity index (χ1v) is 9.56. The molecule has 4 aromatic rings. The molecule has 0 aliphatic heterocycles. The first-order chi connectivity index (χ1) is 14.1. The van der Waals surface area contributed by atoms with Gasteiger partial charge in [0, 0.05) is 33.6 Å². The van der Waals surface area contributed by atoms with E-state index in [-0.39, 0.29) is 5.91 Å². The molecule has 0 bridgehead atoms. The summed E-state index contributed by atoms with van der Waals surface area (Å²) in [6, 6.07) is 16.5. The minimum absolute atomic E-state index is 0.261. The molecule has 29 heavy (non-hydrogen) atoms. The lowest BCUT2D eigenvalue weighted by Crippen LogP contribution is -2.07. The molecule has 2 aromatic heterocycles. The van der Waals surface area contributed by atoms with Crippen LogP contribution in [0.4, 0.5) is 5.69 Å². The number of anilines is 1. The maximum atomic E-state index is 12.4. The number of pyridine rings is 1. The number of aromatic nitrogens is 2. The smallest absolute Gasteiger partial charge is 0.248 e. The number of rotatable bonds is 5. The second kappa shape index (κ2) is 8.28. The molecule has 0 aliphatic carbocycles. The summed E-state index contributed by atoms with van der Waals surface area (Å²) in [7, 11) is 1.59. The molecule has 1 N–H and O–H groups in total. The van der Waals surface area contributed by atoms with E-state index in [1.807, 2.05) is 36.4 Å².